The second-order valence-corrected chi connectivity index (χ2v) is 9.10. The zero-order valence-corrected chi connectivity index (χ0v) is 16.4. The Morgan fingerprint density at radius 2 is 1.23 bits per heavy atom. The third-order valence-corrected chi connectivity index (χ3v) is 6.39. The van der Waals surface area contributed by atoms with E-state index in [0.29, 0.717) is 0 Å². The number of sulfonamides is 2. The third kappa shape index (κ3) is 6.65. The molecule has 0 aliphatic carbocycles. The number of alkyl halides is 3. The number of halogens is 3. The van der Waals surface area contributed by atoms with Crippen molar-refractivity contribution in [1.29, 1.82) is 0 Å². The first-order valence-electron chi connectivity index (χ1n) is 7.90. The van der Waals surface area contributed by atoms with Crippen LogP contribution in [0.3, 0.4) is 0 Å². The van der Waals surface area contributed by atoms with Crippen LogP contribution < -0.4 is 14.2 Å². The van der Waals surface area contributed by atoms with Gasteiger partial charge in [-0.15, -0.1) is 13.2 Å². The molecule has 0 saturated heterocycles. The summed E-state index contributed by atoms with van der Waals surface area (Å²) in [6.45, 7) is -0.719. The monoisotopic (exact) mass is 469 g/mol. The van der Waals surface area contributed by atoms with Crippen LogP contribution in [0.4, 0.5) is 18.9 Å². The van der Waals surface area contributed by atoms with Crippen molar-refractivity contribution < 1.29 is 39.7 Å². The Balaban J connectivity index is 1.93. The van der Waals surface area contributed by atoms with Crippen molar-refractivity contribution in [3.8, 4) is 5.75 Å². The lowest BCUT2D eigenvalue weighted by Crippen LogP contribution is -2.34. The van der Waals surface area contributed by atoms with E-state index in [-0.39, 0.29) is 28.6 Å². The summed E-state index contributed by atoms with van der Waals surface area (Å²) in [5, 5.41) is 10.6. The molecular formula is C15H14F3N3O7S2. The number of non-ortho nitro benzene ring substituents is 1. The van der Waals surface area contributed by atoms with Crippen LogP contribution in [0.25, 0.3) is 0 Å². The molecule has 0 radical (unpaired) electrons. The second kappa shape index (κ2) is 8.95. The molecule has 0 spiro atoms. The first-order valence-corrected chi connectivity index (χ1v) is 10.9. The van der Waals surface area contributed by atoms with Gasteiger partial charge in [-0.3, -0.25) is 10.1 Å². The van der Waals surface area contributed by atoms with Gasteiger partial charge in [0.2, 0.25) is 20.0 Å². The molecule has 2 N–H and O–H groups in total. The van der Waals surface area contributed by atoms with E-state index in [4.69, 9.17) is 0 Å². The fraction of sp³-hybridized carbons (Fsp3) is 0.200. The average molecular weight is 469 g/mol. The van der Waals surface area contributed by atoms with Crippen LogP contribution in [0.1, 0.15) is 0 Å². The molecule has 15 heteroatoms. The number of rotatable bonds is 9. The molecule has 0 unspecified atom stereocenters. The van der Waals surface area contributed by atoms with Crippen LogP contribution in [0.2, 0.25) is 0 Å². The lowest BCUT2D eigenvalue weighted by Gasteiger charge is -2.11. The number of hydrogen-bond donors (Lipinski definition) is 2. The summed E-state index contributed by atoms with van der Waals surface area (Å²) in [6.07, 6.45) is -4.92. The van der Waals surface area contributed by atoms with E-state index in [1.54, 1.807) is 0 Å². The summed E-state index contributed by atoms with van der Waals surface area (Å²) in [7, 11) is -8.15. The van der Waals surface area contributed by atoms with Gasteiger partial charge in [-0.2, -0.15) is 0 Å². The van der Waals surface area contributed by atoms with Crippen molar-refractivity contribution in [2.45, 2.75) is 16.2 Å². The molecule has 2 aromatic rings. The smallest absolute Gasteiger partial charge is 0.406 e. The molecule has 0 aromatic heterocycles. The Morgan fingerprint density at radius 1 is 0.833 bits per heavy atom. The van der Waals surface area contributed by atoms with Gasteiger partial charge in [0, 0.05) is 25.2 Å². The van der Waals surface area contributed by atoms with Crippen molar-refractivity contribution in [2.75, 3.05) is 13.1 Å². The molecule has 0 saturated carbocycles. The third-order valence-electron chi connectivity index (χ3n) is 3.43. The first-order chi connectivity index (χ1) is 13.8. The highest BCUT2D eigenvalue weighted by atomic mass is 32.2. The fourth-order valence-corrected chi connectivity index (χ4v) is 4.17. The summed E-state index contributed by atoms with van der Waals surface area (Å²) in [6, 6.07) is 7.48. The summed E-state index contributed by atoms with van der Waals surface area (Å²) in [5.74, 6) is -0.600. The Kier molecular flexibility index (Phi) is 7.02. The Bertz CT molecular complexity index is 1100. The number of ether oxygens (including phenoxy) is 1. The van der Waals surface area contributed by atoms with Crippen LogP contribution in [-0.2, 0) is 20.0 Å². The van der Waals surface area contributed by atoms with Crippen molar-refractivity contribution >= 4 is 25.7 Å². The molecule has 0 bridgehead atoms. The largest absolute Gasteiger partial charge is 0.573 e. The van der Waals surface area contributed by atoms with Gasteiger partial charge in [0.25, 0.3) is 5.69 Å². The van der Waals surface area contributed by atoms with Gasteiger partial charge in [-0.1, -0.05) is 0 Å². The van der Waals surface area contributed by atoms with Crippen LogP contribution in [0.5, 0.6) is 5.75 Å². The van der Waals surface area contributed by atoms with Gasteiger partial charge in [-0.25, -0.2) is 26.3 Å². The zero-order valence-electron chi connectivity index (χ0n) is 14.8. The van der Waals surface area contributed by atoms with Gasteiger partial charge < -0.3 is 4.74 Å². The van der Waals surface area contributed by atoms with Crippen LogP contribution in [-0.4, -0.2) is 41.2 Å². The maximum atomic E-state index is 12.1. The highest BCUT2D eigenvalue weighted by Gasteiger charge is 2.31. The van der Waals surface area contributed by atoms with Crippen LogP contribution >= 0.6 is 0 Å². The molecule has 164 valence electrons. The molecule has 10 nitrogen and oxygen atoms in total. The van der Waals surface area contributed by atoms with Crippen molar-refractivity contribution in [3.63, 3.8) is 0 Å². The lowest BCUT2D eigenvalue weighted by molar-refractivity contribution is -0.384. The highest BCUT2D eigenvalue weighted by Crippen LogP contribution is 2.23. The van der Waals surface area contributed by atoms with E-state index in [1.165, 1.54) is 0 Å². The van der Waals surface area contributed by atoms with Crippen molar-refractivity contribution in [1.82, 2.24) is 9.44 Å². The van der Waals surface area contributed by atoms with Gasteiger partial charge in [0.1, 0.15) is 5.75 Å². The van der Waals surface area contributed by atoms with E-state index in [0.717, 1.165) is 48.5 Å². The SMILES string of the molecule is O=[N+]([O-])c1ccc(S(=O)(=O)NCCNS(=O)(=O)c2ccc(OC(F)(F)F)cc2)cc1. The minimum atomic E-state index is -4.92. The van der Waals surface area contributed by atoms with E-state index in [9.17, 15) is 40.1 Å². The molecule has 0 fully saturated rings. The standard InChI is InChI=1S/C15H14F3N3O7S2/c16-15(17,18)28-12-3-7-14(8-4-12)30(26,27)20-10-9-19-29(24,25)13-5-1-11(2-6-13)21(22)23/h1-8,19-20H,9-10H2. The van der Waals surface area contributed by atoms with E-state index < -0.39 is 37.1 Å². The molecule has 2 aromatic carbocycles. The van der Waals surface area contributed by atoms with Crippen LogP contribution in [0.15, 0.2) is 58.3 Å². The maximum Gasteiger partial charge on any atom is 0.573 e. The zero-order chi connectivity index (χ0) is 22.6. The van der Waals surface area contributed by atoms with Gasteiger partial charge in [-0.05, 0) is 36.4 Å². The predicted octanol–water partition coefficient (Wildman–Crippen LogP) is 1.75. The number of nitro groups is 1. The molecule has 0 aliphatic rings. The lowest BCUT2D eigenvalue weighted by atomic mass is 10.3. The second-order valence-electron chi connectivity index (χ2n) is 5.57. The summed E-state index contributed by atoms with van der Waals surface area (Å²) >= 11 is 0. The van der Waals surface area contributed by atoms with E-state index >= 15 is 0 Å². The molecule has 0 atom stereocenters. The molecule has 30 heavy (non-hydrogen) atoms. The van der Waals surface area contributed by atoms with E-state index in [1.807, 2.05) is 0 Å². The predicted molar refractivity (Wildman–Crippen MR) is 96.6 cm³/mol. The number of nitrogens with zero attached hydrogens (tertiary/aromatic N) is 1. The molecular weight excluding hydrogens is 455 g/mol. The summed E-state index contributed by atoms with van der Waals surface area (Å²) in [5.41, 5.74) is -0.298. The van der Waals surface area contributed by atoms with E-state index in [2.05, 4.69) is 14.2 Å². The highest BCUT2D eigenvalue weighted by molar-refractivity contribution is 7.89. The minimum Gasteiger partial charge on any atom is -0.406 e. The number of nitro benzene ring substituents is 1. The fourth-order valence-electron chi connectivity index (χ4n) is 2.10. The number of hydrogen-bond acceptors (Lipinski definition) is 7. The molecule has 0 aliphatic heterocycles. The number of nitrogens with one attached hydrogen (secondary N) is 2. The topological polar surface area (TPSA) is 145 Å². The normalized spacial score (nSPS) is 12.5. The summed E-state index contributed by atoms with van der Waals surface area (Å²) < 4.78 is 92.6. The van der Waals surface area contributed by atoms with Gasteiger partial charge in [0.15, 0.2) is 0 Å². The van der Waals surface area contributed by atoms with Gasteiger partial charge in [0.05, 0.1) is 14.7 Å². The molecule has 0 heterocycles. The van der Waals surface area contributed by atoms with Crippen molar-refractivity contribution in [2.24, 2.45) is 0 Å². The van der Waals surface area contributed by atoms with Crippen LogP contribution in [0, 0.1) is 10.1 Å². The molecule has 2 rings (SSSR count). The van der Waals surface area contributed by atoms with Crippen molar-refractivity contribution in [3.05, 3.63) is 58.6 Å². The molecule has 0 amide bonds. The maximum absolute atomic E-state index is 12.1. The average Bonchev–Trinajstić information content (AvgIpc) is 2.64. The number of benzene rings is 2. The first kappa shape index (κ1) is 23.5. The Morgan fingerprint density at radius 3 is 1.60 bits per heavy atom. The Hall–Kier alpha value is -2.75. The summed E-state index contributed by atoms with van der Waals surface area (Å²) in [4.78, 5) is 9.28. The minimum absolute atomic E-state index is 0.254. The van der Waals surface area contributed by atoms with Gasteiger partial charge >= 0.3 is 6.36 Å². The Labute approximate surface area is 168 Å². The quantitative estimate of drug-likeness (QED) is 0.323.